The van der Waals surface area contributed by atoms with E-state index in [1.165, 1.54) is 12.5 Å². The second-order valence-electron chi connectivity index (χ2n) is 6.49. The summed E-state index contributed by atoms with van der Waals surface area (Å²) in [7, 11) is 1.91. The fourth-order valence-corrected chi connectivity index (χ4v) is 3.12. The van der Waals surface area contributed by atoms with E-state index in [2.05, 4.69) is 5.32 Å². The molecule has 0 radical (unpaired) electrons. The second-order valence-corrected chi connectivity index (χ2v) is 6.49. The number of carbonyl (C=O) groups is 1. The number of benzene rings is 1. The fourth-order valence-electron chi connectivity index (χ4n) is 3.12. The average Bonchev–Trinajstić information content (AvgIpc) is 2.53. The van der Waals surface area contributed by atoms with Gasteiger partial charge in [0.2, 0.25) is 0 Å². The molecule has 0 aromatic heterocycles. The largest absolute Gasteiger partial charge is 0.366 e. The number of carbonyl (C=O) groups excluding carboxylic acids is 1. The molecule has 0 saturated heterocycles. The molecule has 6 nitrogen and oxygen atoms in total. The fraction of sp³-hybridized carbons (Fsp3) is 0.588. The molecule has 0 bridgehead atoms. The van der Waals surface area contributed by atoms with E-state index in [1.807, 2.05) is 25.8 Å². The summed E-state index contributed by atoms with van der Waals surface area (Å²) in [6.07, 6.45) is 5.68. The SMILES string of the molecule is CC(C)NC(=O)c1ccc(N(C)C2CCCCC2)c([N+](=O)[O-])c1. The predicted molar refractivity (Wildman–Crippen MR) is 91.0 cm³/mol. The third-order valence-electron chi connectivity index (χ3n) is 4.36. The van der Waals surface area contributed by atoms with Gasteiger partial charge >= 0.3 is 0 Å². The van der Waals surface area contributed by atoms with E-state index in [0.717, 1.165) is 25.7 Å². The molecule has 2 rings (SSSR count). The van der Waals surface area contributed by atoms with Gasteiger partial charge in [0.05, 0.1) is 4.92 Å². The molecule has 0 spiro atoms. The Kier molecular flexibility index (Phi) is 5.58. The molecular weight excluding hydrogens is 294 g/mol. The molecule has 0 atom stereocenters. The standard InChI is InChI=1S/C17H25N3O3/c1-12(2)18-17(21)13-9-10-15(16(11-13)20(22)23)19(3)14-7-5-4-6-8-14/h9-12,14H,4-8H2,1-3H3,(H,18,21). The van der Waals surface area contributed by atoms with E-state index in [9.17, 15) is 14.9 Å². The summed E-state index contributed by atoms with van der Waals surface area (Å²) >= 11 is 0. The lowest BCUT2D eigenvalue weighted by atomic mass is 9.94. The minimum Gasteiger partial charge on any atom is -0.366 e. The monoisotopic (exact) mass is 319 g/mol. The van der Waals surface area contributed by atoms with E-state index in [0.29, 0.717) is 17.3 Å². The van der Waals surface area contributed by atoms with Crippen molar-refractivity contribution >= 4 is 17.3 Å². The van der Waals surface area contributed by atoms with Crippen molar-refractivity contribution in [3.63, 3.8) is 0 Å². The highest BCUT2D eigenvalue weighted by Gasteiger charge is 2.25. The highest BCUT2D eigenvalue weighted by atomic mass is 16.6. The molecule has 23 heavy (non-hydrogen) atoms. The number of nitro groups is 1. The van der Waals surface area contributed by atoms with Crippen molar-refractivity contribution in [2.75, 3.05) is 11.9 Å². The lowest BCUT2D eigenvalue weighted by Crippen LogP contribution is -2.34. The molecule has 1 aliphatic carbocycles. The zero-order valence-electron chi connectivity index (χ0n) is 14.0. The van der Waals surface area contributed by atoms with Gasteiger partial charge in [-0.1, -0.05) is 19.3 Å². The van der Waals surface area contributed by atoms with Crippen LogP contribution < -0.4 is 10.2 Å². The molecule has 126 valence electrons. The molecule has 6 heteroatoms. The summed E-state index contributed by atoms with van der Waals surface area (Å²) in [5.74, 6) is -0.282. The van der Waals surface area contributed by atoms with E-state index < -0.39 is 4.92 Å². The van der Waals surface area contributed by atoms with Crippen molar-refractivity contribution in [1.29, 1.82) is 0 Å². The molecule has 0 unspecified atom stereocenters. The minimum absolute atomic E-state index is 0.00511. The van der Waals surface area contributed by atoms with Crippen LogP contribution in [0.2, 0.25) is 0 Å². The highest BCUT2D eigenvalue weighted by Crippen LogP contribution is 2.33. The average molecular weight is 319 g/mol. The Morgan fingerprint density at radius 1 is 1.30 bits per heavy atom. The quantitative estimate of drug-likeness (QED) is 0.665. The van der Waals surface area contributed by atoms with Crippen molar-refractivity contribution in [2.24, 2.45) is 0 Å². The van der Waals surface area contributed by atoms with Crippen LogP contribution in [0.5, 0.6) is 0 Å². The number of hydrogen-bond donors (Lipinski definition) is 1. The van der Waals surface area contributed by atoms with Gasteiger partial charge in [0.15, 0.2) is 0 Å². The van der Waals surface area contributed by atoms with Crippen LogP contribution >= 0.6 is 0 Å². The smallest absolute Gasteiger partial charge is 0.293 e. The van der Waals surface area contributed by atoms with E-state index in [-0.39, 0.29) is 17.6 Å². The summed E-state index contributed by atoms with van der Waals surface area (Å²) in [5, 5.41) is 14.2. The van der Waals surface area contributed by atoms with Gasteiger partial charge in [-0.2, -0.15) is 0 Å². The summed E-state index contributed by atoms with van der Waals surface area (Å²) in [4.78, 5) is 25.1. The van der Waals surface area contributed by atoms with Crippen molar-refractivity contribution in [3.05, 3.63) is 33.9 Å². The minimum atomic E-state index is -0.402. The van der Waals surface area contributed by atoms with Gasteiger partial charge in [0.1, 0.15) is 5.69 Å². The first-order chi connectivity index (χ1) is 10.9. The number of nitrogens with zero attached hydrogens (tertiary/aromatic N) is 2. The van der Waals surface area contributed by atoms with Crippen LogP contribution in [0.4, 0.5) is 11.4 Å². The first-order valence-corrected chi connectivity index (χ1v) is 8.22. The van der Waals surface area contributed by atoms with Crippen LogP contribution in [0.25, 0.3) is 0 Å². The lowest BCUT2D eigenvalue weighted by molar-refractivity contribution is -0.384. The normalized spacial score (nSPS) is 15.5. The van der Waals surface area contributed by atoms with Gasteiger partial charge in [0, 0.05) is 30.8 Å². The van der Waals surface area contributed by atoms with Crippen LogP contribution in [0.15, 0.2) is 18.2 Å². The molecule has 1 N–H and O–H groups in total. The summed E-state index contributed by atoms with van der Waals surface area (Å²) in [5.41, 5.74) is 0.906. The van der Waals surface area contributed by atoms with Gasteiger partial charge in [0.25, 0.3) is 11.6 Å². The van der Waals surface area contributed by atoms with Crippen molar-refractivity contribution < 1.29 is 9.72 Å². The number of rotatable bonds is 5. The van der Waals surface area contributed by atoms with Crippen LogP contribution in [-0.2, 0) is 0 Å². The Morgan fingerprint density at radius 3 is 2.52 bits per heavy atom. The predicted octanol–water partition coefficient (Wildman–Crippen LogP) is 3.50. The number of nitrogens with one attached hydrogen (secondary N) is 1. The summed E-state index contributed by atoms with van der Waals surface area (Å²) < 4.78 is 0. The number of nitro benzene ring substituents is 1. The first-order valence-electron chi connectivity index (χ1n) is 8.22. The molecule has 0 aliphatic heterocycles. The molecule has 1 aromatic carbocycles. The van der Waals surface area contributed by atoms with E-state index in [1.54, 1.807) is 12.1 Å². The Morgan fingerprint density at radius 2 is 1.96 bits per heavy atom. The van der Waals surface area contributed by atoms with Crippen LogP contribution in [0.1, 0.15) is 56.3 Å². The van der Waals surface area contributed by atoms with E-state index in [4.69, 9.17) is 0 Å². The zero-order valence-corrected chi connectivity index (χ0v) is 14.0. The Labute approximate surface area is 137 Å². The molecule has 1 aromatic rings. The van der Waals surface area contributed by atoms with Gasteiger partial charge in [-0.15, -0.1) is 0 Å². The third-order valence-corrected chi connectivity index (χ3v) is 4.36. The maximum Gasteiger partial charge on any atom is 0.293 e. The van der Waals surface area contributed by atoms with Gasteiger partial charge in [-0.25, -0.2) is 0 Å². The van der Waals surface area contributed by atoms with Crippen LogP contribution in [-0.4, -0.2) is 30.0 Å². The maximum absolute atomic E-state index is 12.1. The van der Waals surface area contributed by atoms with Gasteiger partial charge < -0.3 is 10.2 Å². The molecule has 1 fully saturated rings. The Balaban J connectivity index is 2.29. The maximum atomic E-state index is 12.1. The molecule has 0 heterocycles. The van der Waals surface area contributed by atoms with Crippen molar-refractivity contribution in [3.8, 4) is 0 Å². The summed E-state index contributed by atoms with van der Waals surface area (Å²) in [6, 6.07) is 5.07. The Hall–Kier alpha value is -2.11. The Bertz CT molecular complexity index is 580. The van der Waals surface area contributed by atoms with Gasteiger partial charge in [-0.05, 0) is 38.8 Å². The van der Waals surface area contributed by atoms with Crippen LogP contribution in [0.3, 0.4) is 0 Å². The van der Waals surface area contributed by atoms with Crippen molar-refractivity contribution in [2.45, 2.75) is 58.0 Å². The van der Waals surface area contributed by atoms with E-state index >= 15 is 0 Å². The zero-order chi connectivity index (χ0) is 17.0. The number of hydrogen-bond acceptors (Lipinski definition) is 4. The highest BCUT2D eigenvalue weighted by molar-refractivity contribution is 5.95. The number of anilines is 1. The topological polar surface area (TPSA) is 75.5 Å². The molecule has 1 amide bonds. The second kappa shape index (κ2) is 7.44. The molecule has 1 saturated carbocycles. The molecular formula is C17H25N3O3. The van der Waals surface area contributed by atoms with Gasteiger partial charge in [-0.3, -0.25) is 14.9 Å². The summed E-state index contributed by atoms with van der Waals surface area (Å²) in [6.45, 7) is 3.72. The van der Waals surface area contributed by atoms with Crippen LogP contribution in [0, 0.1) is 10.1 Å². The van der Waals surface area contributed by atoms with Crippen molar-refractivity contribution in [1.82, 2.24) is 5.32 Å². The molecule has 1 aliphatic rings. The first kappa shape index (κ1) is 17.2. The number of amides is 1. The lowest BCUT2D eigenvalue weighted by Gasteiger charge is -2.32. The third kappa shape index (κ3) is 4.21.